The van der Waals surface area contributed by atoms with Gasteiger partial charge in [-0.15, -0.1) is 11.3 Å². The number of hydrogen-bond donors (Lipinski definition) is 2. The number of ether oxygens (including phenoxy) is 1. The molecule has 6 heteroatoms. The van der Waals surface area contributed by atoms with E-state index in [4.69, 9.17) is 10.5 Å². The van der Waals surface area contributed by atoms with E-state index in [1.165, 1.54) is 11.3 Å². The topological polar surface area (TPSA) is 77.2 Å². The summed E-state index contributed by atoms with van der Waals surface area (Å²) in [5.41, 5.74) is 8.49. The van der Waals surface area contributed by atoms with Crippen molar-refractivity contribution in [3.63, 3.8) is 0 Å². The highest BCUT2D eigenvalue weighted by Gasteiger charge is 2.05. The summed E-state index contributed by atoms with van der Waals surface area (Å²) in [4.78, 5) is 16.1. The predicted molar refractivity (Wildman–Crippen MR) is 95.7 cm³/mol. The third kappa shape index (κ3) is 4.33. The van der Waals surface area contributed by atoms with Crippen LogP contribution >= 0.6 is 11.3 Å². The van der Waals surface area contributed by atoms with Gasteiger partial charge in [0.05, 0.1) is 5.69 Å². The van der Waals surface area contributed by atoms with Crippen LogP contribution in [-0.4, -0.2) is 17.5 Å². The van der Waals surface area contributed by atoms with Crippen molar-refractivity contribution in [1.29, 1.82) is 0 Å². The molecule has 0 aliphatic carbocycles. The molecule has 0 atom stereocenters. The van der Waals surface area contributed by atoms with Gasteiger partial charge in [-0.05, 0) is 29.8 Å². The van der Waals surface area contributed by atoms with Gasteiger partial charge in [-0.1, -0.05) is 30.3 Å². The largest absolute Gasteiger partial charge is 0.484 e. The molecular weight excluding hydrogens is 322 g/mol. The number of amides is 1. The van der Waals surface area contributed by atoms with E-state index >= 15 is 0 Å². The van der Waals surface area contributed by atoms with Crippen molar-refractivity contribution in [2.24, 2.45) is 0 Å². The summed E-state index contributed by atoms with van der Waals surface area (Å²) < 4.78 is 5.50. The first-order valence-corrected chi connectivity index (χ1v) is 8.33. The molecule has 1 aromatic heterocycles. The molecule has 0 aliphatic rings. The van der Waals surface area contributed by atoms with E-state index < -0.39 is 0 Å². The van der Waals surface area contributed by atoms with Gasteiger partial charge in [0.25, 0.3) is 5.91 Å². The summed E-state index contributed by atoms with van der Waals surface area (Å²) in [6, 6.07) is 17.2. The number of aromatic nitrogens is 1. The van der Waals surface area contributed by atoms with Crippen LogP contribution in [0, 0.1) is 0 Å². The number of benzene rings is 2. The Bertz CT molecular complexity index is 801. The second-order valence-electron chi connectivity index (χ2n) is 5.15. The van der Waals surface area contributed by atoms with Gasteiger partial charge in [-0.3, -0.25) is 4.79 Å². The lowest BCUT2D eigenvalue weighted by Crippen LogP contribution is -2.28. The van der Waals surface area contributed by atoms with Gasteiger partial charge in [0.1, 0.15) is 5.75 Å². The highest BCUT2D eigenvalue weighted by atomic mass is 32.1. The van der Waals surface area contributed by atoms with Crippen LogP contribution in [0.2, 0.25) is 0 Å². The Morgan fingerprint density at radius 3 is 2.54 bits per heavy atom. The van der Waals surface area contributed by atoms with E-state index in [9.17, 15) is 4.79 Å². The van der Waals surface area contributed by atoms with Gasteiger partial charge >= 0.3 is 0 Å². The minimum absolute atomic E-state index is 0.0180. The number of carbonyl (C=O) groups is 1. The van der Waals surface area contributed by atoms with E-state index in [2.05, 4.69) is 10.3 Å². The first-order chi connectivity index (χ1) is 11.7. The average Bonchev–Trinajstić information content (AvgIpc) is 3.06. The van der Waals surface area contributed by atoms with E-state index in [0.717, 1.165) is 16.8 Å². The number of carbonyl (C=O) groups excluding carboxylic acids is 1. The van der Waals surface area contributed by atoms with Crippen LogP contribution in [0.3, 0.4) is 0 Å². The molecule has 3 N–H and O–H groups in total. The number of thiazole rings is 1. The van der Waals surface area contributed by atoms with Crippen LogP contribution in [0.15, 0.2) is 60.0 Å². The SMILES string of the molecule is Nc1nc(-c2ccc(OCC(=O)NCc3ccccc3)cc2)cs1. The Morgan fingerprint density at radius 2 is 1.88 bits per heavy atom. The second-order valence-corrected chi connectivity index (χ2v) is 6.04. The Morgan fingerprint density at radius 1 is 1.12 bits per heavy atom. The predicted octanol–water partition coefficient (Wildman–Crippen LogP) is 3.09. The number of rotatable bonds is 6. The van der Waals surface area contributed by atoms with Crippen LogP contribution in [0.5, 0.6) is 5.75 Å². The lowest BCUT2D eigenvalue weighted by Gasteiger charge is -2.08. The Hall–Kier alpha value is -2.86. The van der Waals surface area contributed by atoms with Crippen LogP contribution in [0.25, 0.3) is 11.3 Å². The number of anilines is 1. The fourth-order valence-corrected chi connectivity index (χ4v) is 2.71. The summed E-state index contributed by atoms with van der Waals surface area (Å²) >= 11 is 1.40. The maximum Gasteiger partial charge on any atom is 0.258 e. The zero-order chi connectivity index (χ0) is 16.8. The molecule has 1 amide bonds. The number of hydrogen-bond acceptors (Lipinski definition) is 5. The molecule has 24 heavy (non-hydrogen) atoms. The first kappa shape index (κ1) is 16.0. The van der Waals surface area contributed by atoms with Crippen LogP contribution in [0.1, 0.15) is 5.56 Å². The lowest BCUT2D eigenvalue weighted by molar-refractivity contribution is -0.123. The van der Waals surface area contributed by atoms with E-state index in [-0.39, 0.29) is 12.5 Å². The molecule has 0 saturated heterocycles. The molecule has 0 radical (unpaired) electrons. The molecule has 3 aromatic rings. The van der Waals surface area contributed by atoms with Crippen molar-refractivity contribution < 1.29 is 9.53 Å². The molecule has 5 nitrogen and oxygen atoms in total. The molecule has 0 bridgehead atoms. The third-order valence-corrected chi connectivity index (χ3v) is 4.05. The van der Waals surface area contributed by atoms with E-state index in [1.807, 2.05) is 60.0 Å². The Labute approximate surface area is 144 Å². The number of nitrogen functional groups attached to an aromatic ring is 1. The monoisotopic (exact) mass is 339 g/mol. The summed E-state index contributed by atoms with van der Waals surface area (Å²) in [7, 11) is 0. The first-order valence-electron chi connectivity index (χ1n) is 7.45. The molecule has 0 spiro atoms. The third-order valence-electron chi connectivity index (χ3n) is 3.37. The molecule has 122 valence electrons. The molecule has 0 unspecified atom stereocenters. The number of nitrogens with zero attached hydrogens (tertiary/aromatic N) is 1. The molecule has 0 fully saturated rings. The maximum atomic E-state index is 11.8. The normalized spacial score (nSPS) is 10.3. The summed E-state index contributed by atoms with van der Waals surface area (Å²) in [6.45, 7) is 0.475. The van der Waals surface area contributed by atoms with Gasteiger partial charge < -0.3 is 15.8 Å². The zero-order valence-corrected chi connectivity index (χ0v) is 13.8. The number of nitrogens with one attached hydrogen (secondary N) is 1. The highest BCUT2D eigenvalue weighted by Crippen LogP contribution is 2.24. The van der Waals surface area contributed by atoms with Crippen molar-refractivity contribution in [1.82, 2.24) is 10.3 Å². The van der Waals surface area contributed by atoms with Crippen molar-refractivity contribution >= 4 is 22.4 Å². The van der Waals surface area contributed by atoms with Gasteiger partial charge in [-0.2, -0.15) is 0 Å². The quantitative estimate of drug-likeness (QED) is 0.723. The fraction of sp³-hybridized carbons (Fsp3) is 0.111. The van der Waals surface area contributed by atoms with Crippen LogP contribution in [-0.2, 0) is 11.3 Å². The van der Waals surface area contributed by atoms with E-state index in [1.54, 1.807) is 0 Å². The van der Waals surface area contributed by atoms with Crippen molar-refractivity contribution in [2.75, 3.05) is 12.3 Å². The summed E-state index contributed by atoms with van der Waals surface area (Å²) in [6.07, 6.45) is 0. The molecule has 3 rings (SSSR count). The fourth-order valence-electron chi connectivity index (χ4n) is 2.14. The van der Waals surface area contributed by atoms with Crippen molar-refractivity contribution in [3.05, 3.63) is 65.5 Å². The standard InChI is InChI=1S/C18H17N3O2S/c19-18-21-16(12-24-18)14-6-8-15(9-7-14)23-11-17(22)20-10-13-4-2-1-3-5-13/h1-9,12H,10-11H2,(H2,19,21)(H,20,22). The molecule has 0 aliphatic heterocycles. The highest BCUT2D eigenvalue weighted by molar-refractivity contribution is 7.13. The molecular formula is C18H17N3O2S. The zero-order valence-electron chi connectivity index (χ0n) is 12.9. The van der Waals surface area contributed by atoms with Crippen LogP contribution in [0.4, 0.5) is 5.13 Å². The smallest absolute Gasteiger partial charge is 0.258 e. The van der Waals surface area contributed by atoms with Crippen LogP contribution < -0.4 is 15.8 Å². The van der Waals surface area contributed by atoms with Gasteiger partial charge in [0.15, 0.2) is 11.7 Å². The molecule has 1 heterocycles. The summed E-state index contributed by atoms with van der Waals surface area (Å²) in [5.74, 6) is 0.479. The maximum absolute atomic E-state index is 11.8. The molecule has 2 aromatic carbocycles. The molecule has 0 saturated carbocycles. The summed E-state index contributed by atoms with van der Waals surface area (Å²) in [5, 5.41) is 5.27. The van der Waals surface area contributed by atoms with Crippen molar-refractivity contribution in [2.45, 2.75) is 6.54 Å². The second kappa shape index (κ2) is 7.61. The van der Waals surface area contributed by atoms with Gasteiger partial charge in [0, 0.05) is 17.5 Å². The minimum Gasteiger partial charge on any atom is -0.484 e. The van der Waals surface area contributed by atoms with Gasteiger partial charge in [0.2, 0.25) is 0 Å². The lowest BCUT2D eigenvalue weighted by atomic mass is 10.2. The number of nitrogens with two attached hydrogens (primary N) is 1. The minimum atomic E-state index is -0.157. The van der Waals surface area contributed by atoms with Gasteiger partial charge in [-0.25, -0.2) is 4.98 Å². The Kier molecular flexibility index (Phi) is 5.08. The van der Waals surface area contributed by atoms with E-state index in [0.29, 0.717) is 17.4 Å². The van der Waals surface area contributed by atoms with Crippen molar-refractivity contribution in [3.8, 4) is 17.0 Å². The Balaban J connectivity index is 1.48. The average molecular weight is 339 g/mol.